The Hall–Kier alpha value is -1.46. The maximum absolute atomic E-state index is 5.99. The lowest BCUT2D eigenvalue weighted by Crippen LogP contribution is -2.05. The molecule has 6 heteroatoms. The summed E-state index contributed by atoms with van der Waals surface area (Å²) in [5, 5.41) is 8.58. The van der Waals surface area contributed by atoms with Crippen LogP contribution in [-0.4, -0.2) is 20.0 Å². The van der Waals surface area contributed by atoms with Crippen molar-refractivity contribution in [3.05, 3.63) is 40.9 Å². The summed E-state index contributed by atoms with van der Waals surface area (Å²) in [6.07, 6.45) is 5.13. The summed E-state index contributed by atoms with van der Waals surface area (Å²) in [6.45, 7) is 2.44. The predicted octanol–water partition coefficient (Wildman–Crippen LogP) is 1.39. The van der Waals surface area contributed by atoms with Gasteiger partial charge in [0, 0.05) is 18.4 Å². The van der Waals surface area contributed by atoms with Gasteiger partial charge < -0.3 is 5.73 Å². The molecule has 1 unspecified atom stereocenters. The quantitative estimate of drug-likeness (QED) is 0.876. The van der Waals surface area contributed by atoms with Gasteiger partial charge in [-0.05, 0) is 18.6 Å². The highest BCUT2D eigenvalue weighted by Gasteiger charge is 2.06. The molecular formula is C10H12ClN5. The minimum atomic E-state index is -0.110. The Morgan fingerprint density at radius 2 is 2.38 bits per heavy atom. The van der Waals surface area contributed by atoms with E-state index < -0.39 is 0 Å². The molecule has 0 radical (unpaired) electrons. The highest BCUT2D eigenvalue weighted by atomic mass is 35.5. The van der Waals surface area contributed by atoms with E-state index in [1.54, 1.807) is 17.1 Å². The Morgan fingerprint density at radius 1 is 1.56 bits per heavy atom. The molecule has 0 spiro atoms. The molecule has 84 valence electrons. The van der Waals surface area contributed by atoms with Gasteiger partial charge >= 0.3 is 0 Å². The fourth-order valence-corrected chi connectivity index (χ4v) is 1.49. The van der Waals surface area contributed by atoms with Gasteiger partial charge in [0.15, 0.2) is 0 Å². The lowest BCUT2D eigenvalue weighted by Gasteiger charge is -2.02. The van der Waals surface area contributed by atoms with Gasteiger partial charge in [-0.2, -0.15) is 0 Å². The lowest BCUT2D eigenvalue weighted by molar-refractivity contribution is 0.648. The van der Waals surface area contributed by atoms with Crippen molar-refractivity contribution in [2.24, 2.45) is 5.73 Å². The minimum Gasteiger partial charge on any atom is -0.323 e. The second-order valence-corrected chi connectivity index (χ2v) is 4.00. The molecule has 5 nitrogen and oxygen atoms in total. The fraction of sp³-hybridized carbons (Fsp3) is 0.300. The van der Waals surface area contributed by atoms with Crippen LogP contribution in [-0.2, 0) is 6.54 Å². The maximum atomic E-state index is 5.99. The Kier molecular flexibility index (Phi) is 3.17. The molecule has 0 bridgehead atoms. The number of nitrogens with zero attached hydrogens (tertiary/aromatic N) is 4. The van der Waals surface area contributed by atoms with Crippen LogP contribution < -0.4 is 5.73 Å². The average Bonchev–Trinajstić information content (AvgIpc) is 2.70. The largest absolute Gasteiger partial charge is 0.323 e. The zero-order chi connectivity index (χ0) is 11.5. The average molecular weight is 238 g/mol. The summed E-state index contributed by atoms with van der Waals surface area (Å²) in [6, 6.07) is 1.75. The van der Waals surface area contributed by atoms with Crippen molar-refractivity contribution >= 4 is 11.6 Å². The number of hydrogen-bond donors (Lipinski definition) is 1. The summed E-state index contributed by atoms with van der Waals surface area (Å²) in [5.41, 5.74) is 7.42. The van der Waals surface area contributed by atoms with Crippen molar-refractivity contribution in [3.63, 3.8) is 0 Å². The second kappa shape index (κ2) is 4.59. The Balaban J connectivity index is 2.18. The number of rotatable bonds is 3. The molecule has 16 heavy (non-hydrogen) atoms. The highest BCUT2D eigenvalue weighted by Crippen LogP contribution is 2.14. The number of hydrogen-bond acceptors (Lipinski definition) is 4. The van der Waals surface area contributed by atoms with Crippen molar-refractivity contribution in [1.29, 1.82) is 0 Å². The van der Waals surface area contributed by atoms with Gasteiger partial charge in [-0.25, -0.2) is 4.68 Å². The van der Waals surface area contributed by atoms with E-state index in [0.717, 1.165) is 11.3 Å². The molecule has 0 aliphatic heterocycles. The lowest BCUT2D eigenvalue weighted by atomic mass is 10.2. The van der Waals surface area contributed by atoms with Crippen LogP contribution in [0.5, 0.6) is 0 Å². The van der Waals surface area contributed by atoms with Gasteiger partial charge in [-0.15, -0.1) is 5.10 Å². The molecule has 2 rings (SSSR count). The third-order valence-electron chi connectivity index (χ3n) is 2.21. The van der Waals surface area contributed by atoms with Crippen molar-refractivity contribution in [2.75, 3.05) is 0 Å². The summed E-state index contributed by atoms with van der Waals surface area (Å²) in [7, 11) is 0. The molecule has 0 aromatic carbocycles. The van der Waals surface area contributed by atoms with E-state index in [1.165, 1.54) is 0 Å². The standard InChI is InChI=1S/C10H12ClN5/c1-7(12)10-6-16(15-14-10)5-8-2-3-13-4-9(8)11/h2-4,6-7H,5,12H2,1H3. The third-order valence-corrected chi connectivity index (χ3v) is 2.55. The molecule has 2 heterocycles. The first kappa shape index (κ1) is 11.0. The molecule has 0 saturated carbocycles. The Bertz CT molecular complexity index is 480. The number of aromatic nitrogens is 4. The number of nitrogens with two attached hydrogens (primary N) is 1. The maximum Gasteiger partial charge on any atom is 0.0991 e. The molecule has 0 fully saturated rings. The van der Waals surface area contributed by atoms with E-state index in [4.69, 9.17) is 17.3 Å². The topological polar surface area (TPSA) is 69.6 Å². The molecule has 1 atom stereocenters. The molecule has 2 aromatic heterocycles. The molecule has 0 aliphatic carbocycles. The van der Waals surface area contributed by atoms with Crippen molar-refractivity contribution in [2.45, 2.75) is 19.5 Å². The molecule has 2 aromatic rings. The van der Waals surface area contributed by atoms with Gasteiger partial charge in [0.05, 0.1) is 23.5 Å². The van der Waals surface area contributed by atoms with Gasteiger partial charge in [-0.1, -0.05) is 16.8 Å². The van der Waals surface area contributed by atoms with E-state index in [-0.39, 0.29) is 6.04 Å². The molecule has 2 N–H and O–H groups in total. The van der Waals surface area contributed by atoms with Gasteiger partial charge in [0.25, 0.3) is 0 Å². The van der Waals surface area contributed by atoms with Crippen LogP contribution in [0.1, 0.15) is 24.2 Å². The first-order chi connectivity index (χ1) is 7.66. The van der Waals surface area contributed by atoms with Gasteiger partial charge in [0.1, 0.15) is 0 Å². The predicted molar refractivity (Wildman–Crippen MR) is 61.0 cm³/mol. The Labute approximate surface area is 98.2 Å². The van der Waals surface area contributed by atoms with E-state index >= 15 is 0 Å². The summed E-state index contributed by atoms with van der Waals surface area (Å²) in [4.78, 5) is 3.92. The summed E-state index contributed by atoms with van der Waals surface area (Å²) >= 11 is 5.99. The number of halogens is 1. The van der Waals surface area contributed by atoms with Crippen LogP contribution in [0.2, 0.25) is 5.02 Å². The van der Waals surface area contributed by atoms with Crippen LogP contribution in [0.15, 0.2) is 24.7 Å². The van der Waals surface area contributed by atoms with Crippen LogP contribution in [0.25, 0.3) is 0 Å². The van der Waals surface area contributed by atoms with Crippen molar-refractivity contribution in [3.8, 4) is 0 Å². The SMILES string of the molecule is CC(N)c1cn(Cc2ccncc2Cl)nn1. The summed E-state index contributed by atoms with van der Waals surface area (Å²) in [5.74, 6) is 0. The first-order valence-electron chi connectivity index (χ1n) is 4.91. The normalized spacial score (nSPS) is 12.7. The minimum absolute atomic E-state index is 0.110. The highest BCUT2D eigenvalue weighted by molar-refractivity contribution is 6.31. The van der Waals surface area contributed by atoms with Crippen LogP contribution in [0.3, 0.4) is 0 Å². The van der Waals surface area contributed by atoms with Crippen LogP contribution >= 0.6 is 11.6 Å². The monoisotopic (exact) mass is 237 g/mol. The van der Waals surface area contributed by atoms with E-state index in [9.17, 15) is 0 Å². The van der Waals surface area contributed by atoms with Gasteiger partial charge in [-0.3, -0.25) is 4.98 Å². The Morgan fingerprint density at radius 3 is 3.00 bits per heavy atom. The first-order valence-corrected chi connectivity index (χ1v) is 5.28. The van der Waals surface area contributed by atoms with Gasteiger partial charge in [0.2, 0.25) is 0 Å². The van der Waals surface area contributed by atoms with E-state index in [1.807, 2.05) is 19.2 Å². The summed E-state index contributed by atoms with van der Waals surface area (Å²) < 4.78 is 1.71. The zero-order valence-electron chi connectivity index (χ0n) is 8.84. The van der Waals surface area contributed by atoms with Crippen molar-refractivity contribution < 1.29 is 0 Å². The molecule has 0 aliphatic rings. The molecule has 0 saturated heterocycles. The number of pyridine rings is 1. The van der Waals surface area contributed by atoms with Crippen molar-refractivity contribution in [1.82, 2.24) is 20.0 Å². The second-order valence-electron chi connectivity index (χ2n) is 3.60. The molecular weight excluding hydrogens is 226 g/mol. The molecule has 0 amide bonds. The zero-order valence-corrected chi connectivity index (χ0v) is 9.59. The smallest absolute Gasteiger partial charge is 0.0991 e. The van der Waals surface area contributed by atoms with Crippen LogP contribution in [0.4, 0.5) is 0 Å². The fourth-order valence-electron chi connectivity index (χ4n) is 1.31. The van der Waals surface area contributed by atoms with Crippen LogP contribution in [0, 0.1) is 0 Å². The third kappa shape index (κ3) is 2.37. The van der Waals surface area contributed by atoms with E-state index in [2.05, 4.69) is 15.3 Å². The van der Waals surface area contributed by atoms with E-state index in [0.29, 0.717) is 11.6 Å².